The van der Waals surface area contributed by atoms with E-state index in [0.717, 1.165) is 11.3 Å². The smallest absolute Gasteiger partial charge is 0.360 e. The predicted molar refractivity (Wildman–Crippen MR) is 65.3 cm³/mol. The van der Waals surface area contributed by atoms with Crippen molar-refractivity contribution in [3.05, 3.63) is 28.6 Å². The molecule has 2 aromatic rings. The molecule has 0 N–H and O–H groups in total. The fraction of sp³-hybridized carbons (Fsp3) is 0.333. The number of carbonyl (C=O) groups is 1. The van der Waals surface area contributed by atoms with Gasteiger partial charge in [0.25, 0.3) is 0 Å². The number of esters is 1. The molecule has 0 fully saturated rings. The molecule has 0 saturated heterocycles. The first-order chi connectivity index (χ1) is 8.15. The number of nitrogens with zero attached hydrogens (tertiary/aromatic N) is 1. The zero-order valence-electron chi connectivity index (χ0n) is 9.94. The zero-order chi connectivity index (χ0) is 12.4. The van der Waals surface area contributed by atoms with Crippen LogP contribution in [0, 0.1) is 6.92 Å². The molecule has 0 amide bonds. The molecule has 0 bridgehead atoms. The van der Waals surface area contributed by atoms with E-state index in [1.807, 2.05) is 12.1 Å². The molecule has 0 aliphatic heterocycles. The lowest BCUT2D eigenvalue weighted by molar-refractivity contribution is 0.0595. The summed E-state index contributed by atoms with van der Waals surface area (Å²) in [6.45, 7) is 3.80. The van der Waals surface area contributed by atoms with Gasteiger partial charge in [0.1, 0.15) is 0 Å². The van der Waals surface area contributed by atoms with Crippen molar-refractivity contribution in [1.29, 1.82) is 0 Å². The van der Waals surface area contributed by atoms with E-state index in [1.165, 1.54) is 12.0 Å². The molecule has 90 valence electrons. The third kappa shape index (κ3) is 2.24. The summed E-state index contributed by atoms with van der Waals surface area (Å²) < 4.78 is 10.2. The Kier molecular flexibility index (Phi) is 3.28. The summed E-state index contributed by atoms with van der Waals surface area (Å²) in [6.07, 6.45) is 0.964. The van der Waals surface area contributed by atoms with Gasteiger partial charge in [-0.2, -0.15) is 0 Å². The molecule has 0 aromatic carbocycles. The molecular formula is C12H13NO3S. The number of aromatic nitrogens is 1. The van der Waals surface area contributed by atoms with Crippen LogP contribution in [0.2, 0.25) is 0 Å². The van der Waals surface area contributed by atoms with Crippen LogP contribution in [-0.4, -0.2) is 18.1 Å². The van der Waals surface area contributed by atoms with E-state index in [2.05, 4.69) is 16.6 Å². The highest BCUT2D eigenvalue weighted by Crippen LogP contribution is 2.32. The Labute approximate surface area is 103 Å². The molecule has 0 atom stereocenters. The van der Waals surface area contributed by atoms with Crippen molar-refractivity contribution >= 4 is 17.3 Å². The van der Waals surface area contributed by atoms with Crippen molar-refractivity contribution < 1.29 is 13.9 Å². The summed E-state index contributed by atoms with van der Waals surface area (Å²) in [5, 5.41) is 0. The normalized spacial score (nSPS) is 10.5. The standard InChI is InChI=1S/C12H13NO3S/c1-4-8-5-6-9(17-8)11-10(12(14)15-3)13-7(2)16-11/h5-6H,4H2,1-3H3. The third-order valence-corrected chi connectivity index (χ3v) is 3.58. The number of ether oxygens (including phenoxy) is 1. The summed E-state index contributed by atoms with van der Waals surface area (Å²) in [5.41, 5.74) is 0.245. The lowest BCUT2D eigenvalue weighted by atomic mass is 10.3. The van der Waals surface area contributed by atoms with Crippen molar-refractivity contribution in [3.8, 4) is 10.6 Å². The molecule has 0 unspecified atom stereocenters. The molecular weight excluding hydrogens is 238 g/mol. The molecule has 4 nitrogen and oxygen atoms in total. The van der Waals surface area contributed by atoms with E-state index in [1.54, 1.807) is 18.3 Å². The Balaban J connectivity index is 2.47. The lowest BCUT2D eigenvalue weighted by Gasteiger charge is -1.96. The van der Waals surface area contributed by atoms with E-state index in [0.29, 0.717) is 11.7 Å². The van der Waals surface area contributed by atoms with Gasteiger partial charge in [0.2, 0.25) is 0 Å². The minimum absolute atomic E-state index is 0.245. The first-order valence-electron chi connectivity index (χ1n) is 5.30. The van der Waals surface area contributed by atoms with Gasteiger partial charge in [-0.3, -0.25) is 0 Å². The fourth-order valence-electron chi connectivity index (χ4n) is 1.52. The molecule has 0 aliphatic rings. The van der Waals surface area contributed by atoms with Crippen molar-refractivity contribution in [3.63, 3.8) is 0 Å². The van der Waals surface area contributed by atoms with Crippen molar-refractivity contribution in [2.45, 2.75) is 20.3 Å². The largest absolute Gasteiger partial charge is 0.464 e. The summed E-state index contributed by atoms with van der Waals surface area (Å²) in [4.78, 5) is 17.8. The first kappa shape index (κ1) is 11.9. The van der Waals surface area contributed by atoms with Gasteiger partial charge in [-0.05, 0) is 18.6 Å². The summed E-state index contributed by atoms with van der Waals surface area (Å²) in [6, 6.07) is 3.97. The number of rotatable bonds is 3. The van der Waals surface area contributed by atoms with E-state index >= 15 is 0 Å². The summed E-state index contributed by atoms with van der Waals surface area (Å²) >= 11 is 1.60. The second-order valence-electron chi connectivity index (χ2n) is 3.52. The maximum atomic E-state index is 11.6. The SMILES string of the molecule is CCc1ccc(-c2oc(C)nc2C(=O)OC)s1. The van der Waals surface area contributed by atoms with E-state index in [4.69, 9.17) is 4.42 Å². The van der Waals surface area contributed by atoms with Crippen LogP contribution in [0.1, 0.15) is 28.2 Å². The minimum atomic E-state index is -0.469. The third-order valence-electron chi connectivity index (χ3n) is 2.35. The van der Waals surface area contributed by atoms with Crippen LogP contribution in [0.4, 0.5) is 0 Å². The Morgan fingerprint density at radius 3 is 2.88 bits per heavy atom. The molecule has 0 spiro atoms. The zero-order valence-corrected chi connectivity index (χ0v) is 10.8. The van der Waals surface area contributed by atoms with Crippen molar-refractivity contribution in [2.24, 2.45) is 0 Å². The molecule has 0 aliphatic carbocycles. The number of thiophene rings is 1. The maximum absolute atomic E-state index is 11.6. The molecule has 5 heteroatoms. The van der Waals surface area contributed by atoms with Crippen LogP contribution in [0.3, 0.4) is 0 Å². The van der Waals surface area contributed by atoms with E-state index in [9.17, 15) is 4.79 Å². The topological polar surface area (TPSA) is 52.3 Å². The van der Waals surface area contributed by atoms with Crippen LogP contribution in [0.5, 0.6) is 0 Å². The van der Waals surface area contributed by atoms with Crippen LogP contribution in [-0.2, 0) is 11.2 Å². The molecule has 0 saturated carbocycles. The van der Waals surface area contributed by atoms with E-state index in [-0.39, 0.29) is 5.69 Å². The highest BCUT2D eigenvalue weighted by Gasteiger charge is 2.21. The average molecular weight is 251 g/mol. The maximum Gasteiger partial charge on any atom is 0.360 e. The Bertz CT molecular complexity index is 542. The van der Waals surface area contributed by atoms with Gasteiger partial charge in [-0.1, -0.05) is 6.92 Å². The number of hydrogen-bond acceptors (Lipinski definition) is 5. The lowest BCUT2D eigenvalue weighted by Crippen LogP contribution is -2.02. The van der Waals surface area contributed by atoms with Gasteiger partial charge in [-0.25, -0.2) is 9.78 Å². The Morgan fingerprint density at radius 2 is 2.29 bits per heavy atom. The first-order valence-corrected chi connectivity index (χ1v) is 6.12. The van der Waals surface area contributed by atoms with Gasteiger partial charge in [-0.15, -0.1) is 11.3 Å². The number of carbonyl (C=O) groups excluding carboxylic acids is 1. The quantitative estimate of drug-likeness (QED) is 0.787. The number of hydrogen-bond donors (Lipinski definition) is 0. The van der Waals surface area contributed by atoms with Gasteiger partial charge in [0.15, 0.2) is 17.3 Å². The molecule has 2 aromatic heterocycles. The van der Waals surface area contributed by atoms with Crippen LogP contribution in [0.15, 0.2) is 16.5 Å². The number of oxazole rings is 1. The summed E-state index contributed by atoms with van der Waals surface area (Å²) in [7, 11) is 1.34. The monoisotopic (exact) mass is 251 g/mol. The minimum Gasteiger partial charge on any atom is -0.464 e. The molecule has 2 heterocycles. The second-order valence-corrected chi connectivity index (χ2v) is 4.69. The second kappa shape index (κ2) is 4.71. The predicted octanol–water partition coefficient (Wildman–Crippen LogP) is 3.06. The molecule has 0 radical (unpaired) electrons. The molecule has 17 heavy (non-hydrogen) atoms. The Hall–Kier alpha value is -1.62. The Morgan fingerprint density at radius 1 is 1.53 bits per heavy atom. The average Bonchev–Trinajstić information content (AvgIpc) is 2.93. The highest BCUT2D eigenvalue weighted by molar-refractivity contribution is 7.15. The van der Waals surface area contributed by atoms with Gasteiger partial charge < -0.3 is 9.15 Å². The van der Waals surface area contributed by atoms with Crippen LogP contribution >= 0.6 is 11.3 Å². The summed E-state index contributed by atoms with van der Waals surface area (Å²) in [5.74, 6) is 0.495. The van der Waals surface area contributed by atoms with Gasteiger partial charge in [0.05, 0.1) is 12.0 Å². The highest BCUT2D eigenvalue weighted by atomic mass is 32.1. The van der Waals surface area contributed by atoms with Gasteiger partial charge >= 0.3 is 5.97 Å². The van der Waals surface area contributed by atoms with Crippen LogP contribution < -0.4 is 0 Å². The number of aryl methyl sites for hydroxylation is 2. The van der Waals surface area contributed by atoms with Crippen LogP contribution in [0.25, 0.3) is 10.6 Å². The molecule has 2 rings (SSSR count). The number of methoxy groups -OCH3 is 1. The van der Waals surface area contributed by atoms with Crippen molar-refractivity contribution in [2.75, 3.05) is 7.11 Å². The van der Waals surface area contributed by atoms with Gasteiger partial charge in [0, 0.05) is 11.8 Å². The van der Waals surface area contributed by atoms with Crippen molar-refractivity contribution in [1.82, 2.24) is 4.98 Å². The van der Waals surface area contributed by atoms with E-state index < -0.39 is 5.97 Å². The fourth-order valence-corrected chi connectivity index (χ4v) is 2.45.